The number of hydrogen-bond acceptors (Lipinski definition) is 4. The van der Waals surface area contributed by atoms with E-state index >= 15 is 0 Å². The number of anilines is 1. The first-order valence-electron chi connectivity index (χ1n) is 5.09. The van der Waals surface area contributed by atoms with Crippen LogP contribution >= 0.6 is 12.2 Å². The zero-order chi connectivity index (χ0) is 12.7. The SMILES string of the molecule is NC(=O)COCCNc1ccc(C(N)=S)cc1. The Labute approximate surface area is 105 Å². The average Bonchev–Trinajstić information content (AvgIpc) is 2.29. The highest BCUT2D eigenvalue weighted by molar-refractivity contribution is 7.80. The van der Waals surface area contributed by atoms with Gasteiger partial charge in [0.1, 0.15) is 11.6 Å². The number of primary amides is 1. The van der Waals surface area contributed by atoms with Crippen LogP contribution in [0.1, 0.15) is 5.56 Å². The Kier molecular flexibility index (Phi) is 5.38. The van der Waals surface area contributed by atoms with Gasteiger partial charge in [0.15, 0.2) is 0 Å². The molecule has 1 aromatic rings. The molecule has 0 bridgehead atoms. The maximum atomic E-state index is 10.4. The quantitative estimate of drug-likeness (QED) is 0.478. The van der Waals surface area contributed by atoms with E-state index in [1.54, 1.807) is 0 Å². The minimum atomic E-state index is -0.467. The Morgan fingerprint density at radius 2 is 1.94 bits per heavy atom. The molecule has 92 valence electrons. The van der Waals surface area contributed by atoms with Gasteiger partial charge in [-0.1, -0.05) is 12.2 Å². The third-order valence-corrected chi connectivity index (χ3v) is 2.22. The van der Waals surface area contributed by atoms with Gasteiger partial charge in [-0.25, -0.2) is 0 Å². The maximum Gasteiger partial charge on any atom is 0.243 e. The van der Waals surface area contributed by atoms with Crippen molar-refractivity contribution >= 4 is 28.8 Å². The molecule has 0 spiro atoms. The van der Waals surface area contributed by atoms with E-state index in [0.29, 0.717) is 18.1 Å². The summed E-state index contributed by atoms with van der Waals surface area (Å²) in [5.41, 5.74) is 12.2. The fraction of sp³-hybridized carbons (Fsp3) is 0.273. The zero-order valence-electron chi connectivity index (χ0n) is 9.31. The lowest BCUT2D eigenvalue weighted by Crippen LogP contribution is -2.20. The fourth-order valence-electron chi connectivity index (χ4n) is 1.19. The molecule has 1 aromatic carbocycles. The van der Waals surface area contributed by atoms with Gasteiger partial charge in [-0.05, 0) is 24.3 Å². The second-order valence-corrected chi connectivity index (χ2v) is 3.83. The van der Waals surface area contributed by atoms with E-state index in [4.69, 9.17) is 28.4 Å². The number of ether oxygens (including phenoxy) is 1. The van der Waals surface area contributed by atoms with Crippen LogP contribution in [0.15, 0.2) is 24.3 Å². The highest BCUT2D eigenvalue weighted by Gasteiger charge is 1.97. The summed E-state index contributed by atoms with van der Waals surface area (Å²) in [4.78, 5) is 10.8. The molecule has 0 fully saturated rings. The van der Waals surface area contributed by atoms with Crippen molar-refractivity contribution in [1.29, 1.82) is 0 Å². The van der Waals surface area contributed by atoms with Crippen molar-refractivity contribution in [2.24, 2.45) is 11.5 Å². The summed E-state index contributed by atoms with van der Waals surface area (Å²) in [7, 11) is 0. The first kappa shape index (κ1) is 13.4. The van der Waals surface area contributed by atoms with Crippen LogP contribution in [0.2, 0.25) is 0 Å². The summed E-state index contributed by atoms with van der Waals surface area (Å²) in [6.45, 7) is 0.960. The monoisotopic (exact) mass is 253 g/mol. The minimum absolute atomic E-state index is 0.0535. The van der Waals surface area contributed by atoms with Crippen LogP contribution in [0.5, 0.6) is 0 Å². The molecule has 1 rings (SSSR count). The van der Waals surface area contributed by atoms with Crippen LogP contribution in [0, 0.1) is 0 Å². The van der Waals surface area contributed by atoms with Gasteiger partial charge in [0.2, 0.25) is 5.91 Å². The Morgan fingerprint density at radius 3 is 2.47 bits per heavy atom. The van der Waals surface area contributed by atoms with E-state index in [2.05, 4.69) is 5.32 Å². The highest BCUT2D eigenvalue weighted by atomic mass is 32.1. The molecule has 5 N–H and O–H groups in total. The second-order valence-electron chi connectivity index (χ2n) is 3.39. The Hall–Kier alpha value is -1.66. The van der Waals surface area contributed by atoms with Crippen molar-refractivity contribution in [3.05, 3.63) is 29.8 Å². The zero-order valence-corrected chi connectivity index (χ0v) is 10.1. The number of rotatable bonds is 7. The largest absolute Gasteiger partial charge is 0.389 e. The normalized spacial score (nSPS) is 9.88. The predicted octanol–water partition coefficient (Wildman–Crippen LogP) is 0.235. The van der Waals surface area contributed by atoms with Gasteiger partial charge in [-0.15, -0.1) is 0 Å². The molecule has 0 atom stereocenters. The lowest BCUT2D eigenvalue weighted by molar-refractivity contribution is -0.122. The molecule has 0 aromatic heterocycles. The van der Waals surface area contributed by atoms with Crippen molar-refractivity contribution in [3.8, 4) is 0 Å². The van der Waals surface area contributed by atoms with E-state index < -0.39 is 5.91 Å². The number of nitrogens with one attached hydrogen (secondary N) is 1. The Balaban J connectivity index is 2.27. The van der Waals surface area contributed by atoms with Gasteiger partial charge in [0.05, 0.1) is 6.61 Å². The molecule has 6 heteroatoms. The third kappa shape index (κ3) is 5.28. The van der Waals surface area contributed by atoms with Gasteiger partial charge < -0.3 is 21.5 Å². The summed E-state index contributed by atoms with van der Waals surface area (Å²) in [6, 6.07) is 7.44. The molecule has 0 aliphatic rings. The molecule has 0 aliphatic heterocycles. The van der Waals surface area contributed by atoms with Gasteiger partial charge in [-0.2, -0.15) is 0 Å². The summed E-state index contributed by atoms with van der Waals surface area (Å²) >= 11 is 4.85. The summed E-state index contributed by atoms with van der Waals surface area (Å²) in [6.07, 6.45) is 0. The van der Waals surface area contributed by atoms with Crippen molar-refractivity contribution in [2.45, 2.75) is 0 Å². The lowest BCUT2D eigenvalue weighted by Gasteiger charge is -2.07. The van der Waals surface area contributed by atoms with Gasteiger partial charge in [-0.3, -0.25) is 4.79 Å². The number of thiocarbonyl (C=S) groups is 1. The molecule has 0 heterocycles. The topological polar surface area (TPSA) is 90.4 Å². The number of carbonyl (C=O) groups is 1. The summed E-state index contributed by atoms with van der Waals surface area (Å²) in [5.74, 6) is -0.467. The smallest absolute Gasteiger partial charge is 0.243 e. The standard InChI is InChI=1S/C11H15N3O2S/c12-10(15)7-16-6-5-14-9-3-1-8(2-4-9)11(13)17/h1-4,14H,5-7H2,(H2,12,15)(H2,13,17). The van der Waals surface area contributed by atoms with Crippen LogP contribution in [-0.2, 0) is 9.53 Å². The molecule has 0 aliphatic carbocycles. The predicted molar refractivity (Wildman–Crippen MR) is 70.8 cm³/mol. The van der Waals surface area contributed by atoms with Crippen molar-refractivity contribution in [1.82, 2.24) is 0 Å². The van der Waals surface area contributed by atoms with Crippen LogP contribution in [0.4, 0.5) is 5.69 Å². The Morgan fingerprint density at radius 1 is 1.29 bits per heavy atom. The first-order chi connectivity index (χ1) is 8.09. The average molecular weight is 253 g/mol. The lowest BCUT2D eigenvalue weighted by atomic mass is 10.2. The first-order valence-corrected chi connectivity index (χ1v) is 5.50. The van der Waals surface area contributed by atoms with Crippen LogP contribution < -0.4 is 16.8 Å². The Bertz CT molecular complexity index is 392. The van der Waals surface area contributed by atoms with E-state index in [0.717, 1.165) is 11.3 Å². The van der Waals surface area contributed by atoms with E-state index in [1.165, 1.54) is 0 Å². The number of benzene rings is 1. The van der Waals surface area contributed by atoms with Crippen LogP contribution in [-0.4, -0.2) is 30.7 Å². The minimum Gasteiger partial charge on any atom is -0.389 e. The molecule has 0 saturated carbocycles. The fourth-order valence-corrected chi connectivity index (χ4v) is 1.33. The van der Waals surface area contributed by atoms with Crippen molar-refractivity contribution in [2.75, 3.05) is 25.1 Å². The number of hydrogen-bond donors (Lipinski definition) is 3. The molecule has 1 amide bonds. The highest BCUT2D eigenvalue weighted by Crippen LogP contribution is 2.08. The molecule has 5 nitrogen and oxygen atoms in total. The molecule has 17 heavy (non-hydrogen) atoms. The number of amides is 1. The second kappa shape index (κ2) is 6.82. The molecule has 0 unspecified atom stereocenters. The molecular formula is C11H15N3O2S. The molecule has 0 saturated heterocycles. The van der Waals surface area contributed by atoms with E-state index in [-0.39, 0.29) is 6.61 Å². The van der Waals surface area contributed by atoms with Gasteiger partial charge in [0.25, 0.3) is 0 Å². The summed E-state index contributed by atoms with van der Waals surface area (Å²) in [5, 5.41) is 3.12. The molecule has 0 radical (unpaired) electrons. The van der Waals surface area contributed by atoms with E-state index in [1.807, 2.05) is 24.3 Å². The van der Waals surface area contributed by atoms with Crippen LogP contribution in [0.3, 0.4) is 0 Å². The van der Waals surface area contributed by atoms with Gasteiger partial charge in [0, 0.05) is 17.8 Å². The maximum absolute atomic E-state index is 10.4. The van der Waals surface area contributed by atoms with Crippen molar-refractivity contribution < 1.29 is 9.53 Å². The third-order valence-electron chi connectivity index (χ3n) is 1.99. The van der Waals surface area contributed by atoms with Crippen molar-refractivity contribution in [3.63, 3.8) is 0 Å². The number of carbonyl (C=O) groups excluding carboxylic acids is 1. The summed E-state index contributed by atoms with van der Waals surface area (Å²) < 4.78 is 5.00. The number of nitrogens with two attached hydrogens (primary N) is 2. The van der Waals surface area contributed by atoms with E-state index in [9.17, 15) is 4.79 Å². The van der Waals surface area contributed by atoms with Crippen LogP contribution in [0.25, 0.3) is 0 Å². The molecular weight excluding hydrogens is 238 g/mol. The van der Waals surface area contributed by atoms with Gasteiger partial charge >= 0.3 is 0 Å².